The summed E-state index contributed by atoms with van der Waals surface area (Å²) in [6.45, 7) is 1.91. The fourth-order valence-electron chi connectivity index (χ4n) is 2.81. The highest BCUT2D eigenvalue weighted by Gasteiger charge is 2.23. The van der Waals surface area contributed by atoms with Crippen molar-refractivity contribution in [3.63, 3.8) is 0 Å². The summed E-state index contributed by atoms with van der Waals surface area (Å²) in [6.07, 6.45) is 2.73. The zero-order valence-corrected chi connectivity index (χ0v) is 16.4. The van der Waals surface area contributed by atoms with Crippen molar-refractivity contribution in [1.82, 2.24) is 5.48 Å². The molecule has 0 saturated heterocycles. The molecule has 0 aliphatic rings. The molecule has 2 rings (SSSR count). The number of benzene rings is 2. The normalized spacial score (nSPS) is 12.6. The molecule has 0 aliphatic heterocycles. The van der Waals surface area contributed by atoms with Crippen molar-refractivity contribution in [2.24, 2.45) is 5.92 Å². The van der Waals surface area contributed by atoms with E-state index in [0.29, 0.717) is 29.7 Å². The SMILES string of the molecule is C[C@@H](CC/C=C/C(=O)NO)[C@@H](OC(=O)Nc1ccc(C#N)cc1)c1ccc(O)cc1. The predicted octanol–water partition coefficient (Wildman–Crippen LogP) is 4.03. The van der Waals surface area contributed by atoms with Crippen LogP contribution in [0.25, 0.3) is 0 Å². The summed E-state index contributed by atoms with van der Waals surface area (Å²) in [5.74, 6) is -0.621. The number of aromatic hydroxyl groups is 1. The van der Waals surface area contributed by atoms with Gasteiger partial charge in [0.1, 0.15) is 11.9 Å². The van der Waals surface area contributed by atoms with Crippen LogP contribution in [0.2, 0.25) is 0 Å². The molecule has 0 fully saturated rings. The van der Waals surface area contributed by atoms with Gasteiger partial charge in [0.05, 0.1) is 11.6 Å². The molecule has 2 aromatic rings. The van der Waals surface area contributed by atoms with Crippen molar-refractivity contribution in [2.75, 3.05) is 5.32 Å². The number of phenols is 1. The smallest absolute Gasteiger partial charge is 0.412 e. The Hall–Kier alpha value is -3.83. The number of rotatable bonds is 8. The molecule has 2 aromatic carbocycles. The van der Waals surface area contributed by atoms with E-state index < -0.39 is 18.1 Å². The van der Waals surface area contributed by atoms with Gasteiger partial charge in [-0.2, -0.15) is 5.26 Å². The fourth-order valence-corrected chi connectivity index (χ4v) is 2.81. The molecule has 0 heterocycles. The third kappa shape index (κ3) is 6.96. The van der Waals surface area contributed by atoms with Crippen LogP contribution < -0.4 is 10.8 Å². The number of carbonyl (C=O) groups is 2. The average Bonchev–Trinajstić information content (AvgIpc) is 2.76. The summed E-state index contributed by atoms with van der Waals surface area (Å²) in [5, 5.41) is 29.5. The second-order valence-electron chi connectivity index (χ2n) is 6.66. The minimum atomic E-state index is -0.653. The Morgan fingerprint density at radius 2 is 1.83 bits per heavy atom. The summed E-state index contributed by atoms with van der Waals surface area (Å²) in [7, 11) is 0. The van der Waals surface area contributed by atoms with Gasteiger partial charge in [0.15, 0.2) is 0 Å². The lowest BCUT2D eigenvalue weighted by atomic mass is 9.93. The largest absolute Gasteiger partial charge is 0.508 e. The Balaban J connectivity index is 2.07. The van der Waals surface area contributed by atoms with Crippen LogP contribution in [0.4, 0.5) is 10.5 Å². The van der Waals surface area contributed by atoms with E-state index in [-0.39, 0.29) is 11.7 Å². The third-order valence-corrected chi connectivity index (χ3v) is 4.40. The van der Waals surface area contributed by atoms with Crippen LogP contribution in [0.1, 0.15) is 37.0 Å². The Labute approximate surface area is 174 Å². The zero-order valence-electron chi connectivity index (χ0n) is 16.4. The van der Waals surface area contributed by atoms with Gasteiger partial charge in [0.25, 0.3) is 5.91 Å². The van der Waals surface area contributed by atoms with Crippen molar-refractivity contribution >= 4 is 17.7 Å². The second-order valence-corrected chi connectivity index (χ2v) is 6.66. The number of nitrogens with one attached hydrogen (secondary N) is 2. The number of ether oxygens (including phenoxy) is 1. The van der Waals surface area contributed by atoms with Crippen molar-refractivity contribution in [3.8, 4) is 11.8 Å². The van der Waals surface area contributed by atoms with E-state index in [1.165, 1.54) is 23.7 Å². The summed E-state index contributed by atoms with van der Waals surface area (Å²) in [5.41, 5.74) is 3.21. The second kappa shape index (κ2) is 11.2. The Kier molecular flexibility index (Phi) is 8.41. The number of nitriles is 1. The lowest BCUT2D eigenvalue weighted by Gasteiger charge is -2.24. The van der Waals surface area contributed by atoms with Gasteiger partial charge < -0.3 is 9.84 Å². The van der Waals surface area contributed by atoms with Gasteiger partial charge in [-0.1, -0.05) is 25.1 Å². The number of amides is 2. The first-order valence-corrected chi connectivity index (χ1v) is 9.30. The number of allylic oxidation sites excluding steroid dienone is 1. The van der Waals surface area contributed by atoms with E-state index in [1.54, 1.807) is 42.5 Å². The summed E-state index contributed by atoms with van der Waals surface area (Å²) >= 11 is 0. The predicted molar refractivity (Wildman–Crippen MR) is 110 cm³/mol. The fraction of sp³-hybridized carbons (Fsp3) is 0.227. The molecule has 156 valence electrons. The maximum absolute atomic E-state index is 12.4. The number of hydrogen-bond acceptors (Lipinski definition) is 6. The van der Waals surface area contributed by atoms with E-state index >= 15 is 0 Å². The monoisotopic (exact) mass is 409 g/mol. The maximum Gasteiger partial charge on any atom is 0.412 e. The first-order chi connectivity index (χ1) is 14.4. The quantitative estimate of drug-likeness (QED) is 0.296. The molecular weight excluding hydrogens is 386 g/mol. The summed E-state index contributed by atoms with van der Waals surface area (Å²) in [4.78, 5) is 23.5. The third-order valence-electron chi connectivity index (χ3n) is 4.40. The van der Waals surface area contributed by atoms with Gasteiger partial charge in [0.2, 0.25) is 0 Å². The number of phenolic OH excluding ortho intramolecular Hbond substituents is 1. The molecule has 8 nitrogen and oxygen atoms in total. The van der Waals surface area contributed by atoms with Gasteiger partial charge in [0, 0.05) is 11.8 Å². The van der Waals surface area contributed by atoms with E-state index in [4.69, 9.17) is 15.2 Å². The van der Waals surface area contributed by atoms with E-state index in [1.807, 2.05) is 13.0 Å². The van der Waals surface area contributed by atoms with E-state index in [0.717, 1.165) is 0 Å². The van der Waals surface area contributed by atoms with Crippen LogP contribution in [0.5, 0.6) is 5.75 Å². The highest BCUT2D eigenvalue weighted by Crippen LogP contribution is 2.31. The molecule has 0 aromatic heterocycles. The molecule has 8 heteroatoms. The maximum atomic E-state index is 12.4. The summed E-state index contributed by atoms with van der Waals surface area (Å²) in [6, 6.07) is 14.8. The number of anilines is 1. The number of hydroxylamine groups is 1. The molecular formula is C22H23N3O5. The minimum Gasteiger partial charge on any atom is -0.508 e. The highest BCUT2D eigenvalue weighted by atomic mass is 16.6. The average molecular weight is 409 g/mol. The molecule has 0 spiro atoms. The Morgan fingerprint density at radius 1 is 1.17 bits per heavy atom. The van der Waals surface area contributed by atoms with Gasteiger partial charge in [-0.3, -0.25) is 15.3 Å². The molecule has 30 heavy (non-hydrogen) atoms. The lowest BCUT2D eigenvalue weighted by Crippen LogP contribution is -2.22. The Bertz CT molecular complexity index is 917. The number of hydrogen-bond donors (Lipinski definition) is 4. The van der Waals surface area contributed by atoms with Crippen LogP contribution >= 0.6 is 0 Å². The van der Waals surface area contributed by atoms with Crippen LogP contribution in [0.3, 0.4) is 0 Å². The topological polar surface area (TPSA) is 132 Å². The van der Waals surface area contributed by atoms with Crippen molar-refractivity contribution in [2.45, 2.75) is 25.9 Å². The zero-order chi connectivity index (χ0) is 21.9. The molecule has 0 bridgehead atoms. The van der Waals surface area contributed by atoms with Gasteiger partial charge in [-0.25, -0.2) is 10.3 Å². The highest BCUT2D eigenvalue weighted by molar-refractivity contribution is 5.86. The molecule has 0 radical (unpaired) electrons. The number of carbonyl (C=O) groups excluding carboxylic acids is 2. The van der Waals surface area contributed by atoms with Crippen molar-refractivity contribution < 1.29 is 24.6 Å². The Morgan fingerprint density at radius 3 is 2.43 bits per heavy atom. The first-order valence-electron chi connectivity index (χ1n) is 9.30. The van der Waals surface area contributed by atoms with Crippen LogP contribution in [0, 0.1) is 17.2 Å². The van der Waals surface area contributed by atoms with Gasteiger partial charge in [-0.15, -0.1) is 0 Å². The van der Waals surface area contributed by atoms with Crippen molar-refractivity contribution in [3.05, 3.63) is 71.8 Å². The molecule has 0 unspecified atom stereocenters. The van der Waals surface area contributed by atoms with Crippen LogP contribution in [-0.2, 0) is 9.53 Å². The number of nitrogens with zero attached hydrogens (tertiary/aromatic N) is 1. The molecule has 2 amide bonds. The molecule has 0 aliphatic carbocycles. The van der Waals surface area contributed by atoms with Gasteiger partial charge in [-0.05, 0) is 60.7 Å². The minimum absolute atomic E-state index is 0.102. The van der Waals surface area contributed by atoms with E-state index in [9.17, 15) is 14.7 Å². The van der Waals surface area contributed by atoms with E-state index in [2.05, 4.69) is 5.32 Å². The van der Waals surface area contributed by atoms with Crippen molar-refractivity contribution in [1.29, 1.82) is 5.26 Å². The molecule has 4 N–H and O–H groups in total. The summed E-state index contributed by atoms with van der Waals surface area (Å²) < 4.78 is 5.66. The van der Waals surface area contributed by atoms with Crippen LogP contribution in [-0.4, -0.2) is 22.3 Å². The first kappa shape index (κ1) is 22.5. The standard InChI is InChI=1S/C22H23N3O5/c1-15(4-2-3-5-20(27)25-29)21(17-8-12-19(26)13-9-17)30-22(28)24-18-10-6-16(14-23)7-11-18/h3,5-13,15,21,26,29H,2,4H2,1H3,(H,24,28)(H,25,27)/b5-3+/t15-,21+/m0/s1. The lowest BCUT2D eigenvalue weighted by molar-refractivity contribution is -0.124. The molecule has 0 saturated carbocycles. The van der Waals surface area contributed by atoms with Crippen LogP contribution in [0.15, 0.2) is 60.7 Å². The van der Waals surface area contributed by atoms with Gasteiger partial charge >= 0.3 is 6.09 Å². The molecule has 2 atom stereocenters.